The smallest absolute Gasteiger partial charge is 0.236 e. The second kappa shape index (κ2) is 10.1. The van der Waals surface area contributed by atoms with Crippen LogP contribution in [0.15, 0.2) is 24.3 Å². The van der Waals surface area contributed by atoms with Crippen LogP contribution in [0.25, 0.3) is 0 Å². The minimum atomic E-state index is 0.293. The highest BCUT2D eigenvalue weighted by Gasteiger charge is 2.25. The predicted molar refractivity (Wildman–Crippen MR) is 114 cm³/mol. The minimum absolute atomic E-state index is 0.293. The molecule has 2 fully saturated rings. The molecule has 0 aromatic heterocycles. The Morgan fingerprint density at radius 3 is 2.25 bits per heavy atom. The van der Waals surface area contributed by atoms with Crippen LogP contribution in [0, 0.1) is 5.92 Å². The van der Waals surface area contributed by atoms with Gasteiger partial charge in [0.1, 0.15) is 5.75 Å². The summed E-state index contributed by atoms with van der Waals surface area (Å²) in [5, 5.41) is 0. The number of piperazine rings is 1. The van der Waals surface area contributed by atoms with Gasteiger partial charge in [0, 0.05) is 31.9 Å². The number of ether oxygens (including phenoxy) is 1. The van der Waals surface area contributed by atoms with Crippen LogP contribution in [0.5, 0.6) is 5.75 Å². The molecule has 0 saturated carbocycles. The fourth-order valence-electron chi connectivity index (χ4n) is 4.17. The lowest BCUT2D eigenvalue weighted by molar-refractivity contribution is -0.133. The molecule has 6 heteroatoms. The third-order valence-electron chi connectivity index (χ3n) is 6.12. The van der Waals surface area contributed by atoms with Gasteiger partial charge in [0.2, 0.25) is 5.91 Å². The molecule has 1 aromatic carbocycles. The van der Waals surface area contributed by atoms with Crippen molar-refractivity contribution in [2.24, 2.45) is 5.92 Å². The molecule has 0 atom stereocenters. The number of carbonyl (C=O) groups excluding carboxylic acids is 1. The average molecular weight is 389 g/mol. The number of methoxy groups -OCH3 is 1. The molecule has 0 bridgehead atoms. The molecule has 2 aliphatic heterocycles. The number of anilines is 1. The van der Waals surface area contributed by atoms with Crippen molar-refractivity contribution in [1.82, 2.24) is 14.7 Å². The van der Waals surface area contributed by atoms with Gasteiger partial charge in [0.25, 0.3) is 0 Å². The molecule has 3 rings (SSSR count). The highest BCUT2D eigenvalue weighted by Crippen LogP contribution is 2.22. The van der Waals surface area contributed by atoms with Crippen molar-refractivity contribution in [3.8, 4) is 5.75 Å². The second-order valence-electron chi connectivity index (χ2n) is 8.38. The van der Waals surface area contributed by atoms with Gasteiger partial charge in [-0.05, 0) is 83.2 Å². The van der Waals surface area contributed by atoms with E-state index in [9.17, 15) is 4.79 Å². The summed E-state index contributed by atoms with van der Waals surface area (Å²) in [6.45, 7) is 7.29. The van der Waals surface area contributed by atoms with Crippen molar-refractivity contribution >= 4 is 11.6 Å². The van der Waals surface area contributed by atoms with E-state index in [4.69, 9.17) is 4.74 Å². The van der Waals surface area contributed by atoms with Gasteiger partial charge in [-0.1, -0.05) is 0 Å². The number of hydrogen-bond donors (Lipinski definition) is 0. The number of benzene rings is 1. The van der Waals surface area contributed by atoms with Gasteiger partial charge < -0.3 is 19.4 Å². The van der Waals surface area contributed by atoms with Crippen LogP contribution in [0.2, 0.25) is 0 Å². The van der Waals surface area contributed by atoms with E-state index >= 15 is 0 Å². The number of amides is 1. The number of carbonyl (C=O) groups is 1. The molecule has 28 heavy (non-hydrogen) atoms. The first-order valence-electron chi connectivity index (χ1n) is 10.6. The number of likely N-dealkylation sites (tertiary alicyclic amines) is 1. The largest absolute Gasteiger partial charge is 0.497 e. The van der Waals surface area contributed by atoms with Crippen molar-refractivity contribution in [3.63, 3.8) is 0 Å². The fourth-order valence-corrected chi connectivity index (χ4v) is 4.17. The number of rotatable bonds is 7. The summed E-state index contributed by atoms with van der Waals surface area (Å²) >= 11 is 0. The Morgan fingerprint density at radius 2 is 1.68 bits per heavy atom. The van der Waals surface area contributed by atoms with Crippen molar-refractivity contribution < 1.29 is 9.53 Å². The Bertz CT molecular complexity index is 603. The van der Waals surface area contributed by atoms with Crippen LogP contribution < -0.4 is 9.64 Å². The summed E-state index contributed by atoms with van der Waals surface area (Å²) in [5.74, 6) is 1.99. The highest BCUT2D eigenvalue weighted by molar-refractivity contribution is 5.78. The zero-order chi connectivity index (χ0) is 19.9. The van der Waals surface area contributed by atoms with E-state index in [1.54, 1.807) is 7.11 Å². The first-order chi connectivity index (χ1) is 13.5. The fraction of sp³-hybridized carbons (Fsp3) is 0.682. The molecule has 0 radical (unpaired) electrons. The Hall–Kier alpha value is -1.79. The Labute approximate surface area is 170 Å². The maximum Gasteiger partial charge on any atom is 0.236 e. The molecule has 156 valence electrons. The van der Waals surface area contributed by atoms with Crippen molar-refractivity contribution in [3.05, 3.63) is 24.3 Å². The third-order valence-corrected chi connectivity index (χ3v) is 6.12. The Morgan fingerprint density at radius 1 is 1.04 bits per heavy atom. The zero-order valence-corrected chi connectivity index (χ0v) is 17.8. The van der Waals surface area contributed by atoms with Gasteiger partial charge in [-0.3, -0.25) is 9.69 Å². The molecular weight excluding hydrogens is 352 g/mol. The number of nitrogens with zero attached hydrogens (tertiary/aromatic N) is 4. The van der Waals surface area contributed by atoms with E-state index in [0.717, 1.165) is 50.9 Å². The van der Waals surface area contributed by atoms with Gasteiger partial charge in [-0.25, -0.2) is 0 Å². The van der Waals surface area contributed by atoms with Crippen molar-refractivity contribution in [1.29, 1.82) is 0 Å². The standard InChI is InChI=1S/C22H36N4O2/c1-23(2)11-8-19-9-12-24(13-10-19)18-22(27)26-16-14-25(15-17-26)20-4-6-21(28-3)7-5-20/h4-7,19H,8-18H2,1-3H3. The number of piperidine rings is 1. The van der Waals surface area contributed by atoms with Gasteiger partial charge in [-0.15, -0.1) is 0 Å². The Balaban J connectivity index is 1.38. The summed E-state index contributed by atoms with van der Waals surface area (Å²) in [4.78, 5) is 21.7. The Kier molecular flexibility index (Phi) is 7.57. The maximum atomic E-state index is 12.7. The van der Waals surface area contributed by atoms with E-state index in [1.165, 1.54) is 31.5 Å². The topological polar surface area (TPSA) is 39.3 Å². The van der Waals surface area contributed by atoms with Crippen LogP contribution in [0.4, 0.5) is 5.69 Å². The highest BCUT2D eigenvalue weighted by atomic mass is 16.5. The van der Waals surface area contributed by atoms with E-state index in [2.05, 4.69) is 40.9 Å². The predicted octanol–water partition coefficient (Wildman–Crippen LogP) is 2.01. The summed E-state index contributed by atoms with van der Waals surface area (Å²) in [5.41, 5.74) is 1.20. The molecule has 6 nitrogen and oxygen atoms in total. The minimum Gasteiger partial charge on any atom is -0.497 e. The molecule has 1 amide bonds. The molecule has 1 aromatic rings. The molecule has 0 aliphatic carbocycles. The molecule has 0 N–H and O–H groups in total. The molecule has 2 heterocycles. The van der Waals surface area contributed by atoms with Crippen LogP contribution in [-0.2, 0) is 4.79 Å². The lowest BCUT2D eigenvalue weighted by Gasteiger charge is -2.38. The van der Waals surface area contributed by atoms with E-state index < -0.39 is 0 Å². The van der Waals surface area contributed by atoms with Crippen LogP contribution in [0.3, 0.4) is 0 Å². The lowest BCUT2D eigenvalue weighted by atomic mass is 9.93. The molecule has 0 unspecified atom stereocenters. The summed E-state index contributed by atoms with van der Waals surface area (Å²) < 4.78 is 5.23. The van der Waals surface area contributed by atoms with Crippen molar-refractivity contribution in [2.45, 2.75) is 19.3 Å². The monoisotopic (exact) mass is 388 g/mol. The average Bonchev–Trinajstić information content (AvgIpc) is 2.73. The van der Waals surface area contributed by atoms with E-state index in [1.807, 2.05) is 17.0 Å². The first kappa shape index (κ1) is 20.9. The normalized spacial score (nSPS) is 19.3. The second-order valence-corrected chi connectivity index (χ2v) is 8.38. The van der Waals surface area contributed by atoms with E-state index in [0.29, 0.717) is 12.5 Å². The molecular formula is C22H36N4O2. The maximum absolute atomic E-state index is 12.7. The molecule has 0 spiro atoms. The van der Waals surface area contributed by atoms with Crippen molar-refractivity contribution in [2.75, 3.05) is 78.5 Å². The van der Waals surface area contributed by atoms with E-state index in [-0.39, 0.29) is 0 Å². The summed E-state index contributed by atoms with van der Waals surface area (Å²) in [6.07, 6.45) is 3.74. The summed E-state index contributed by atoms with van der Waals surface area (Å²) in [6, 6.07) is 8.18. The number of hydrogen-bond acceptors (Lipinski definition) is 5. The van der Waals surface area contributed by atoms with Crippen LogP contribution in [-0.4, -0.2) is 94.2 Å². The SMILES string of the molecule is COc1ccc(N2CCN(C(=O)CN3CCC(CCN(C)C)CC3)CC2)cc1. The zero-order valence-electron chi connectivity index (χ0n) is 17.8. The van der Waals surface area contributed by atoms with Gasteiger partial charge in [0.15, 0.2) is 0 Å². The quantitative estimate of drug-likeness (QED) is 0.715. The third kappa shape index (κ3) is 5.85. The first-order valence-corrected chi connectivity index (χ1v) is 10.6. The van der Waals surface area contributed by atoms with Gasteiger partial charge in [-0.2, -0.15) is 0 Å². The lowest BCUT2D eigenvalue weighted by Crippen LogP contribution is -2.52. The van der Waals surface area contributed by atoms with Gasteiger partial charge in [0.05, 0.1) is 13.7 Å². The van der Waals surface area contributed by atoms with Crippen LogP contribution >= 0.6 is 0 Å². The molecule has 2 saturated heterocycles. The summed E-state index contributed by atoms with van der Waals surface area (Å²) in [7, 11) is 5.97. The van der Waals surface area contributed by atoms with Gasteiger partial charge >= 0.3 is 0 Å². The molecule has 2 aliphatic rings. The van der Waals surface area contributed by atoms with Crippen LogP contribution in [0.1, 0.15) is 19.3 Å².